The predicted octanol–water partition coefficient (Wildman–Crippen LogP) is 4.41. The van der Waals surface area contributed by atoms with Gasteiger partial charge in [-0.2, -0.15) is 0 Å². The van der Waals surface area contributed by atoms with Gasteiger partial charge in [-0.05, 0) is 58.8 Å². The van der Waals surface area contributed by atoms with Crippen LogP contribution < -0.4 is 5.32 Å². The lowest BCUT2D eigenvalue weighted by atomic mass is 9.67. The monoisotopic (exact) mass is 329 g/mol. The molecular weight excluding hydrogens is 314 g/mol. The van der Waals surface area contributed by atoms with Gasteiger partial charge in [-0.1, -0.05) is 24.9 Å². The van der Waals surface area contributed by atoms with Crippen molar-refractivity contribution in [2.24, 2.45) is 5.41 Å². The van der Waals surface area contributed by atoms with E-state index in [9.17, 15) is 4.79 Å². The molecule has 98 valence electrons. The minimum Gasteiger partial charge on any atom is -0.351 e. The van der Waals surface area contributed by atoms with Crippen molar-refractivity contribution < 1.29 is 4.79 Å². The summed E-state index contributed by atoms with van der Waals surface area (Å²) in [6, 6.07) is 5.28. The molecule has 1 aliphatic rings. The SMILES string of the molecule is CCC1(CNC(=O)c2ccc(Br)c(Cl)c2)CCC1. The minimum absolute atomic E-state index is 0.0378. The number of carbonyl (C=O) groups excluding carboxylic acids is 1. The molecule has 0 heterocycles. The Morgan fingerprint density at radius 1 is 1.50 bits per heavy atom. The Bertz CT molecular complexity index is 452. The summed E-state index contributed by atoms with van der Waals surface area (Å²) >= 11 is 9.30. The Morgan fingerprint density at radius 3 is 2.72 bits per heavy atom. The molecule has 2 nitrogen and oxygen atoms in total. The molecule has 1 fully saturated rings. The van der Waals surface area contributed by atoms with Crippen molar-refractivity contribution >= 4 is 33.4 Å². The maximum absolute atomic E-state index is 12.0. The molecule has 1 aromatic carbocycles. The van der Waals surface area contributed by atoms with Crippen molar-refractivity contribution in [2.75, 3.05) is 6.54 Å². The number of halogens is 2. The topological polar surface area (TPSA) is 29.1 Å². The van der Waals surface area contributed by atoms with Crippen LogP contribution in [0.5, 0.6) is 0 Å². The molecule has 0 aliphatic heterocycles. The first kappa shape index (κ1) is 13.9. The van der Waals surface area contributed by atoms with E-state index >= 15 is 0 Å². The van der Waals surface area contributed by atoms with Gasteiger partial charge in [-0.25, -0.2) is 0 Å². The fraction of sp³-hybridized carbons (Fsp3) is 0.500. The first-order chi connectivity index (χ1) is 8.56. The predicted molar refractivity (Wildman–Crippen MR) is 78.1 cm³/mol. The van der Waals surface area contributed by atoms with E-state index in [0.717, 1.165) is 17.4 Å². The van der Waals surface area contributed by atoms with Gasteiger partial charge < -0.3 is 5.32 Å². The molecule has 1 aliphatic carbocycles. The van der Waals surface area contributed by atoms with E-state index in [1.54, 1.807) is 18.2 Å². The molecule has 0 atom stereocenters. The second-order valence-corrected chi connectivity index (χ2v) is 6.28. The number of carbonyl (C=O) groups is 1. The van der Waals surface area contributed by atoms with Crippen LogP contribution in [0, 0.1) is 5.41 Å². The van der Waals surface area contributed by atoms with E-state index in [0.29, 0.717) is 16.0 Å². The van der Waals surface area contributed by atoms with Gasteiger partial charge >= 0.3 is 0 Å². The molecule has 0 unspecified atom stereocenters. The van der Waals surface area contributed by atoms with E-state index in [1.165, 1.54) is 19.3 Å². The molecular formula is C14H17BrClNO. The summed E-state index contributed by atoms with van der Waals surface area (Å²) in [4.78, 5) is 12.0. The van der Waals surface area contributed by atoms with Crippen LogP contribution in [0.25, 0.3) is 0 Å². The van der Waals surface area contributed by atoms with Crippen molar-refractivity contribution in [3.05, 3.63) is 33.3 Å². The lowest BCUT2D eigenvalue weighted by Gasteiger charge is -2.41. The van der Waals surface area contributed by atoms with E-state index < -0.39 is 0 Å². The molecule has 1 amide bonds. The second kappa shape index (κ2) is 5.62. The maximum Gasteiger partial charge on any atom is 0.251 e. The van der Waals surface area contributed by atoms with Gasteiger partial charge in [0.15, 0.2) is 0 Å². The third kappa shape index (κ3) is 2.89. The van der Waals surface area contributed by atoms with E-state index in [1.807, 2.05) is 0 Å². The van der Waals surface area contributed by atoms with Crippen LogP contribution in [0.4, 0.5) is 0 Å². The first-order valence-electron chi connectivity index (χ1n) is 6.29. The standard InChI is InChI=1S/C14H17BrClNO/c1-2-14(6-3-7-14)9-17-13(18)10-4-5-11(15)12(16)8-10/h4-5,8H,2-3,6-7,9H2,1H3,(H,17,18). The van der Waals surface area contributed by atoms with Crippen LogP contribution in [-0.2, 0) is 0 Å². The van der Waals surface area contributed by atoms with Gasteiger partial charge in [-0.15, -0.1) is 0 Å². The number of nitrogens with one attached hydrogen (secondary N) is 1. The Labute approximate surface area is 121 Å². The Kier molecular flexibility index (Phi) is 4.33. The van der Waals surface area contributed by atoms with Gasteiger partial charge in [0.2, 0.25) is 0 Å². The Morgan fingerprint density at radius 2 is 2.22 bits per heavy atom. The molecule has 0 saturated heterocycles. The van der Waals surface area contributed by atoms with Crippen molar-refractivity contribution in [2.45, 2.75) is 32.6 Å². The van der Waals surface area contributed by atoms with Crippen LogP contribution in [0.2, 0.25) is 5.02 Å². The Balaban J connectivity index is 1.97. The largest absolute Gasteiger partial charge is 0.351 e. The summed E-state index contributed by atoms with van der Waals surface area (Å²) in [5.41, 5.74) is 0.961. The molecule has 0 bridgehead atoms. The normalized spacial score (nSPS) is 17.1. The number of hydrogen-bond donors (Lipinski definition) is 1. The molecule has 4 heteroatoms. The molecule has 1 N–H and O–H groups in total. The van der Waals surface area contributed by atoms with E-state index in [2.05, 4.69) is 28.2 Å². The average molecular weight is 331 g/mol. The number of hydrogen-bond acceptors (Lipinski definition) is 1. The zero-order valence-corrected chi connectivity index (χ0v) is 12.8. The molecule has 0 aromatic heterocycles. The average Bonchev–Trinajstić information content (AvgIpc) is 2.31. The smallest absolute Gasteiger partial charge is 0.251 e. The van der Waals surface area contributed by atoms with Gasteiger partial charge in [0.05, 0.1) is 5.02 Å². The summed E-state index contributed by atoms with van der Waals surface area (Å²) in [7, 11) is 0. The molecule has 1 aromatic rings. The van der Waals surface area contributed by atoms with Gasteiger partial charge in [-0.3, -0.25) is 4.79 Å². The fourth-order valence-corrected chi connectivity index (χ4v) is 2.77. The lowest BCUT2D eigenvalue weighted by molar-refractivity contribution is 0.0850. The highest BCUT2D eigenvalue weighted by Crippen LogP contribution is 2.43. The van der Waals surface area contributed by atoms with Crippen LogP contribution in [0.15, 0.2) is 22.7 Å². The van der Waals surface area contributed by atoms with Crippen molar-refractivity contribution in [1.29, 1.82) is 0 Å². The highest BCUT2D eigenvalue weighted by molar-refractivity contribution is 9.10. The summed E-state index contributed by atoms with van der Waals surface area (Å²) in [6.45, 7) is 2.97. The van der Waals surface area contributed by atoms with Gasteiger partial charge in [0.1, 0.15) is 0 Å². The Hall–Kier alpha value is -0.540. The van der Waals surface area contributed by atoms with Crippen LogP contribution in [-0.4, -0.2) is 12.5 Å². The number of amides is 1. The lowest BCUT2D eigenvalue weighted by Crippen LogP contribution is -2.41. The van der Waals surface area contributed by atoms with E-state index in [-0.39, 0.29) is 5.91 Å². The zero-order valence-electron chi connectivity index (χ0n) is 10.4. The molecule has 18 heavy (non-hydrogen) atoms. The summed E-state index contributed by atoms with van der Waals surface area (Å²) < 4.78 is 0.810. The summed E-state index contributed by atoms with van der Waals surface area (Å²) in [5, 5.41) is 3.59. The van der Waals surface area contributed by atoms with E-state index in [4.69, 9.17) is 11.6 Å². The molecule has 1 saturated carbocycles. The third-order valence-electron chi connectivity index (χ3n) is 3.97. The highest BCUT2D eigenvalue weighted by atomic mass is 79.9. The van der Waals surface area contributed by atoms with Crippen LogP contribution >= 0.6 is 27.5 Å². The maximum atomic E-state index is 12.0. The number of rotatable bonds is 4. The second-order valence-electron chi connectivity index (χ2n) is 5.02. The van der Waals surface area contributed by atoms with Crippen molar-refractivity contribution in [3.63, 3.8) is 0 Å². The summed E-state index contributed by atoms with van der Waals surface area (Å²) in [5.74, 6) is -0.0378. The molecule has 0 spiro atoms. The van der Waals surface area contributed by atoms with Crippen LogP contribution in [0.1, 0.15) is 43.0 Å². The van der Waals surface area contributed by atoms with Crippen molar-refractivity contribution in [3.8, 4) is 0 Å². The van der Waals surface area contributed by atoms with Crippen molar-refractivity contribution in [1.82, 2.24) is 5.32 Å². The zero-order chi connectivity index (χ0) is 13.2. The molecule has 0 radical (unpaired) electrons. The summed E-state index contributed by atoms with van der Waals surface area (Å²) in [6.07, 6.45) is 4.87. The van der Waals surface area contributed by atoms with Gasteiger partial charge in [0.25, 0.3) is 5.91 Å². The fourth-order valence-electron chi connectivity index (χ4n) is 2.34. The molecule has 2 rings (SSSR count). The van der Waals surface area contributed by atoms with Crippen LogP contribution in [0.3, 0.4) is 0 Å². The number of benzene rings is 1. The minimum atomic E-state index is -0.0378. The third-order valence-corrected chi connectivity index (χ3v) is 5.20. The highest BCUT2D eigenvalue weighted by Gasteiger charge is 2.35. The first-order valence-corrected chi connectivity index (χ1v) is 7.47. The quantitative estimate of drug-likeness (QED) is 0.870. The van der Waals surface area contributed by atoms with Gasteiger partial charge in [0, 0.05) is 16.6 Å².